The molecule has 0 fully saturated rings. The van der Waals surface area contributed by atoms with Crippen molar-refractivity contribution in [2.45, 2.75) is 58.4 Å². The topological polar surface area (TPSA) is 32.3 Å². The summed E-state index contributed by atoms with van der Waals surface area (Å²) in [5.41, 5.74) is 0. The fourth-order valence-electron chi connectivity index (χ4n) is 1.39. The Balaban J connectivity index is 3.05. The number of aliphatic hydroxyl groups excluding tert-OH is 1. The molecule has 0 aliphatic rings. The first-order valence-corrected chi connectivity index (χ1v) is 5.65. The van der Waals surface area contributed by atoms with E-state index < -0.39 is 0 Å². The quantitative estimate of drug-likeness (QED) is 0.543. The van der Waals surface area contributed by atoms with E-state index in [1.807, 2.05) is 0 Å². The molecular formula is C11H25NO. The van der Waals surface area contributed by atoms with E-state index in [-0.39, 0.29) is 0 Å². The number of rotatable bonds is 9. The number of hydrogen-bond donors (Lipinski definition) is 2. The molecule has 80 valence electrons. The summed E-state index contributed by atoms with van der Waals surface area (Å²) in [7, 11) is 0. The van der Waals surface area contributed by atoms with Gasteiger partial charge in [0.2, 0.25) is 0 Å². The van der Waals surface area contributed by atoms with Crippen molar-refractivity contribution in [2.24, 2.45) is 0 Å². The molecule has 1 unspecified atom stereocenters. The van der Waals surface area contributed by atoms with E-state index in [2.05, 4.69) is 19.2 Å². The average molecular weight is 187 g/mol. The van der Waals surface area contributed by atoms with E-state index in [9.17, 15) is 0 Å². The van der Waals surface area contributed by atoms with Crippen LogP contribution in [0.5, 0.6) is 0 Å². The lowest BCUT2D eigenvalue weighted by molar-refractivity contribution is 0.282. The molecule has 0 heterocycles. The molecule has 2 heteroatoms. The summed E-state index contributed by atoms with van der Waals surface area (Å²) in [6, 6.07) is 0.644. The van der Waals surface area contributed by atoms with Crippen molar-refractivity contribution in [1.29, 1.82) is 0 Å². The van der Waals surface area contributed by atoms with Crippen LogP contribution in [0.15, 0.2) is 0 Å². The van der Waals surface area contributed by atoms with E-state index in [1.54, 1.807) is 0 Å². The molecule has 0 bridgehead atoms. The van der Waals surface area contributed by atoms with E-state index in [1.165, 1.54) is 25.7 Å². The van der Waals surface area contributed by atoms with Crippen LogP contribution in [-0.4, -0.2) is 24.3 Å². The van der Waals surface area contributed by atoms with Gasteiger partial charge in [-0.05, 0) is 32.7 Å². The lowest BCUT2D eigenvalue weighted by atomic mass is 10.1. The summed E-state index contributed by atoms with van der Waals surface area (Å²) in [4.78, 5) is 0. The Labute approximate surface area is 82.7 Å². The fraction of sp³-hybridized carbons (Fsp3) is 1.00. The predicted molar refractivity (Wildman–Crippen MR) is 57.9 cm³/mol. The maximum atomic E-state index is 8.58. The molecule has 0 saturated carbocycles. The Morgan fingerprint density at radius 1 is 1.15 bits per heavy atom. The van der Waals surface area contributed by atoms with E-state index >= 15 is 0 Å². The van der Waals surface area contributed by atoms with Crippen LogP contribution in [0.1, 0.15) is 52.4 Å². The van der Waals surface area contributed by atoms with Crippen LogP contribution in [0.2, 0.25) is 0 Å². The second-order valence-electron chi connectivity index (χ2n) is 3.78. The van der Waals surface area contributed by atoms with Crippen LogP contribution in [0.3, 0.4) is 0 Å². The summed E-state index contributed by atoms with van der Waals surface area (Å²) in [5.74, 6) is 0. The Bertz CT molecular complexity index is 96.1. The highest BCUT2D eigenvalue weighted by molar-refractivity contribution is 4.60. The summed E-state index contributed by atoms with van der Waals surface area (Å²) in [6.07, 6.45) is 7.29. The minimum absolute atomic E-state index is 0.325. The summed E-state index contributed by atoms with van der Waals surface area (Å²) < 4.78 is 0. The van der Waals surface area contributed by atoms with Crippen molar-refractivity contribution in [3.8, 4) is 0 Å². The zero-order chi connectivity index (χ0) is 9.94. The SMILES string of the molecule is CCCCCC(C)NCCCCO. The van der Waals surface area contributed by atoms with E-state index in [4.69, 9.17) is 5.11 Å². The van der Waals surface area contributed by atoms with Crippen molar-refractivity contribution in [3.05, 3.63) is 0 Å². The van der Waals surface area contributed by atoms with Gasteiger partial charge in [0.25, 0.3) is 0 Å². The van der Waals surface area contributed by atoms with Gasteiger partial charge < -0.3 is 10.4 Å². The van der Waals surface area contributed by atoms with Gasteiger partial charge >= 0.3 is 0 Å². The normalized spacial score (nSPS) is 13.2. The molecule has 13 heavy (non-hydrogen) atoms. The third kappa shape index (κ3) is 9.84. The highest BCUT2D eigenvalue weighted by atomic mass is 16.2. The highest BCUT2D eigenvalue weighted by Crippen LogP contribution is 2.02. The van der Waals surface area contributed by atoms with Crippen LogP contribution >= 0.6 is 0 Å². The average Bonchev–Trinajstić information content (AvgIpc) is 2.13. The molecule has 0 aliphatic heterocycles. The van der Waals surface area contributed by atoms with E-state index in [0.717, 1.165) is 19.4 Å². The smallest absolute Gasteiger partial charge is 0.0431 e. The largest absolute Gasteiger partial charge is 0.396 e. The van der Waals surface area contributed by atoms with Crippen molar-refractivity contribution in [3.63, 3.8) is 0 Å². The molecule has 1 atom stereocenters. The Morgan fingerprint density at radius 3 is 2.54 bits per heavy atom. The molecule has 0 rings (SSSR count). The Kier molecular flexibility index (Phi) is 9.94. The van der Waals surface area contributed by atoms with Crippen LogP contribution in [0, 0.1) is 0 Å². The molecule has 2 nitrogen and oxygen atoms in total. The van der Waals surface area contributed by atoms with Gasteiger partial charge in [0.15, 0.2) is 0 Å². The third-order valence-electron chi connectivity index (χ3n) is 2.32. The van der Waals surface area contributed by atoms with Gasteiger partial charge in [-0.25, -0.2) is 0 Å². The monoisotopic (exact) mass is 187 g/mol. The summed E-state index contributed by atoms with van der Waals surface area (Å²) in [6.45, 7) is 5.85. The van der Waals surface area contributed by atoms with Gasteiger partial charge in [-0.1, -0.05) is 26.2 Å². The maximum absolute atomic E-state index is 8.58. The Morgan fingerprint density at radius 2 is 1.92 bits per heavy atom. The predicted octanol–water partition coefficient (Wildman–Crippen LogP) is 2.32. The Hall–Kier alpha value is -0.0800. The highest BCUT2D eigenvalue weighted by Gasteiger charge is 1.99. The van der Waals surface area contributed by atoms with Crippen molar-refractivity contribution < 1.29 is 5.11 Å². The van der Waals surface area contributed by atoms with E-state index in [0.29, 0.717) is 12.6 Å². The molecule has 0 aromatic carbocycles. The lowest BCUT2D eigenvalue weighted by Crippen LogP contribution is -2.26. The van der Waals surface area contributed by atoms with Gasteiger partial charge in [-0.15, -0.1) is 0 Å². The molecule has 0 spiro atoms. The number of hydrogen-bond acceptors (Lipinski definition) is 2. The van der Waals surface area contributed by atoms with Gasteiger partial charge in [0.1, 0.15) is 0 Å². The third-order valence-corrected chi connectivity index (χ3v) is 2.32. The van der Waals surface area contributed by atoms with Crippen LogP contribution < -0.4 is 5.32 Å². The van der Waals surface area contributed by atoms with Gasteiger partial charge in [0.05, 0.1) is 0 Å². The zero-order valence-corrected chi connectivity index (χ0v) is 9.18. The summed E-state index contributed by atoms with van der Waals surface area (Å²) >= 11 is 0. The first kappa shape index (κ1) is 12.9. The van der Waals surface area contributed by atoms with Gasteiger partial charge in [-0.3, -0.25) is 0 Å². The zero-order valence-electron chi connectivity index (χ0n) is 9.18. The molecule has 0 aromatic rings. The second kappa shape index (κ2) is 10.0. The lowest BCUT2D eigenvalue weighted by Gasteiger charge is -2.12. The van der Waals surface area contributed by atoms with Crippen LogP contribution in [0.4, 0.5) is 0 Å². The van der Waals surface area contributed by atoms with Crippen LogP contribution in [-0.2, 0) is 0 Å². The van der Waals surface area contributed by atoms with Crippen LogP contribution in [0.25, 0.3) is 0 Å². The fourth-order valence-corrected chi connectivity index (χ4v) is 1.39. The molecule has 2 N–H and O–H groups in total. The molecular weight excluding hydrogens is 162 g/mol. The van der Waals surface area contributed by atoms with Crippen molar-refractivity contribution in [2.75, 3.05) is 13.2 Å². The van der Waals surface area contributed by atoms with Crippen molar-refractivity contribution in [1.82, 2.24) is 5.32 Å². The summed E-state index contributed by atoms with van der Waals surface area (Å²) in [5, 5.41) is 12.0. The first-order chi connectivity index (χ1) is 6.31. The minimum Gasteiger partial charge on any atom is -0.396 e. The number of nitrogens with one attached hydrogen (secondary N) is 1. The van der Waals surface area contributed by atoms with Gasteiger partial charge in [0, 0.05) is 12.6 Å². The number of unbranched alkanes of at least 4 members (excludes halogenated alkanes) is 3. The van der Waals surface area contributed by atoms with Crippen molar-refractivity contribution >= 4 is 0 Å². The van der Waals surface area contributed by atoms with Gasteiger partial charge in [-0.2, -0.15) is 0 Å². The molecule has 0 aromatic heterocycles. The number of aliphatic hydroxyl groups is 1. The molecule has 0 amide bonds. The minimum atomic E-state index is 0.325. The first-order valence-electron chi connectivity index (χ1n) is 5.65. The maximum Gasteiger partial charge on any atom is 0.0431 e. The second-order valence-corrected chi connectivity index (χ2v) is 3.78. The molecule has 0 radical (unpaired) electrons. The molecule has 0 saturated heterocycles. The molecule has 0 aliphatic carbocycles. The standard InChI is InChI=1S/C11H25NO/c1-3-4-5-8-11(2)12-9-6-7-10-13/h11-13H,3-10H2,1-2H3.